The van der Waals surface area contributed by atoms with Gasteiger partial charge in [0.25, 0.3) is 5.91 Å². The van der Waals surface area contributed by atoms with E-state index in [1.165, 1.54) is 18.3 Å². The largest absolute Gasteiger partial charge is 0.496 e. The Labute approximate surface area is 154 Å². The van der Waals surface area contributed by atoms with Crippen molar-refractivity contribution in [2.24, 2.45) is 5.16 Å². The molecule has 8 heteroatoms. The molecule has 0 bridgehead atoms. The first-order valence-electron chi connectivity index (χ1n) is 6.74. The normalized spacial score (nSPS) is 10.7. The van der Waals surface area contributed by atoms with E-state index in [1.807, 2.05) is 12.1 Å². The van der Waals surface area contributed by atoms with Gasteiger partial charge in [0, 0.05) is 10.6 Å². The monoisotopic (exact) mass is 386 g/mol. The van der Waals surface area contributed by atoms with E-state index in [1.54, 1.807) is 19.2 Å². The Morgan fingerprint density at radius 2 is 1.88 bits per heavy atom. The van der Waals surface area contributed by atoms with E-state index in [2.05, 4.69) is 10.5 Å². The van der Waals surface area contributed by atoms with Gasteiger partial charge in [-0.05, 0) is 24.3 Å². The standard InChI is InChI=1S/C16H13Cl3N2O3/c1-23-14-5-3-2-4-10(14)8-20-24-9-15(22)21-16-12(18)6-11(17)7-13(16)19/h2-8H,9H2,1H3,(H,21,22)/b20-8-. The molecule has 0 heterocycles. The Kier molecular flexibility index (Phi) is 6.73. The van der Waals surface area contributed by atoms with Gasteiger partial charge in [0.05, 0.1) is 29.1 Å². The Bertz CT molecular complexity index is 743. The van der Waals surface area contributed by atoms with E-state index in [4.69, 9.17) is 44.4 Å². The predicted molar refractivity (Wildman–Crippen MR) is 96.6 cm³/mol. The highest BCUT2D eigenvalue weighted by Crippen LogP contribution is 2.33. The van der Waals surface area contributed by atoms with Gasteiger partial charge in [-0.15, -0.1) is 0 Å². The lowest BCUT2D eigenvalue weighted by atomic mass is 10.2. The number of carbonyl (C=O) groups is 1. The first-order chi connectivity index (χ1) is 11.5. The second-order valence-corrected chi connectivity index (χ2v) is 5.79. The molecule has 0 unspecified atom stereocenters. The van der Waals surface area contributed by atoms with Crippen LogP contribution in [0.1, 0.15) is 5.56 Å². The molecule has 24 heavy (non-hydrogen) atoms. The van der Waals surface area contributed by atoms with Gasteiger partial charge in [0.1, 0.15) is 5.75 Å². The second kappa shape index (κ2) is 8.78. The van der Waals surface area contributed by atoms with Crippen molar-refractivity contribution in [3.05, 3.63) is 57.0 Å². The number of nitrogens with one attached hydrogen (secondary N) is 1. The topological polar surface area (TPSA) is 59.9 Å². The molecule has 126 valence electrons. The molecule has 2 aromatic carbocycles. The summed E-state index contributed by atoms with van der Waals surface area (Å²) in [5.74, 6) is 0.187. The van der Waals surface area contributed by atoms with Gasteiger partial charge in [-0.3, -0.25) is 4.79 Å². The fraction of sp³-hybridized carbons (Fsp3) is 0.125. The SMILES string of the molecule is COc1ccccc1/C=N\OCC(=O)Nc1c(Cl)cc(Cl)cc1Cl. The molecule has 0 atom stereocenters. The molecular formula is C16H13Cl3N2O3. The number of oxime groups is 1. The van der Waals surface area contributed by atoms with Crippen LogP contribution in [-0.2, 0) is 9.63 Å². The van der Waals surface area contributed by atoms with Gasteiger partial charge in [-0.1, -0.05) is 52.1 Å². The zero-order valence-electron chi connectivity index (χ0n) is 12.6. The first kappa shape index (κ1) is 18.4. The maximum atomic E-state index is 11.9. The highest BCUT2D eigenvalue weighted by molar-refractivity contribution is 6.42. The van der Waals surface area contributed by atoms with Gasteiger partial charge in [0.2, 0.25) is 0 Å². The molecule has 0 aromatic heterocycles. The average Bonchev–Trinajstić information content (AvgIpc) is 2.55. The van der Waals surface area contributed by atoms with Crippen LogP contribution in [-0.4, -0.2) is 25.8 Å². The van der Waals surface area contributed by atoms with E-state index in [9.17, 15) is 4.79 Å². The molecule has 2 aromatic rings. The number of nitrogens with zero attached hydrogens (tertiary/aromatic N) is 1. The van der Waals surface area contributed by atoms with Crippen molar-refractivity contribution >= 4 is 52.6 Å². The summed E-state index contributed by atoms with van der Waals surface area (Å²) in [5.41, 5.74) is 0.995. The van der Waals surface area contributed by atoms with E-state index >= 15 is 0 Å². The molecule has 5 nitrogen and oxygen atoms in total. The number of anilines is 1. The van der Waals surface area contributed by atoms with Crippen LogP contribution >= 0.6 is 34.8 Å². The van der Waals surface area contributed by atoms with Crippen molar-refractivity contribution in [2.75, 3.05) is 19.0 Å². The molecule has 0 saturated heterocycles. The number of halogens is 3. The number of hydrogen-bond donors (Lipinski definition) is 1. The number of rotatable bonds is 6. The molecule has 1 N–H and O–H groups in total. The lowest BCUT2D eigenvalue weighted by Gasteiger charge is -2.09. The summed E-state index contributed by atoms with van der Waals surface area (Å²) in [5, 5.41) is 7.12. The quantitative estimate of drug-likeness (QED) is 0.580. The Hall–Kier alpha value is -1.95. The third-order valence-corrected chi connectivity index (χ3v) is 3.69. The van der Waals surface area contributed by atoms with Crippen LogP contribution in [0.3, 0.4) is 0 Å². The van der Waals surface area contributed by atoms with Crippen molar-refractivity contribution in [2.45, 2.75) is 0 Å². The maximum absolute atomic E-state index is 11.9. The molecule has 0 aliphatic heterocycles. The summed E-state index contributed by atoms with van der Waals surface area (Å²) in [7, 11) is 1.56. The molecule has 0 aliphatic carbocycles. The van der Waals surface area contributed by atoms with Crippen molar-refractivity contribution in [1.29, 1.82) is 0 Å². The van der Waals surface area contributed by atoms with E-state index in [0.29, 0.717) is 10.8 Å². The van der Waals surface area contributed by atoms with Gasteiger partial charge >= 0.3 is 0 Å². The van der Waals surface area contributed by atoms with Gasteiger partial charge in [0.15, 0.2) is 6.61 Å². The summed E-state index contributed by atoms with van der Waals surface area (Å²) < 4.78 is 5.17. The predicted octanol–water partition coefficient (Wildman–Crippen LogP) is 4.64. The van der Waals surface area contributed by atoms with E-state index in [-0.39, 0.29) is 22.3 Å². The van der Waals surface area contributed by atoms with E-state index in [0.717, 1.165) is 5.56 Å². The van der Waals surface area contributed by atoms with Crippen molar-refractivity contribution < 1.29 is 14.4 Å². The van der Waals surface area contributed by atoms with Crippen molar-refractivity contribution in [3.8, 4) is 5.75 Å². The van der Waals surface area contributed by atoms with Crippen LogP contribution in [0.2, 0.25) is 15.1 Å². The highest BCUT2D eigenvalue weighted by atomic mass is 35.5. The van der Waals surface area contributed by atoms with Crippen LogP contribution < -0.4 is 10.1 Å². The number of ether oxygens (including phenoxy) is 1. The second-order valence-electron chi connectivity index (χ2n) is 4.54. The smallest absolute Gasteiger partial charge is 0.265 e. The summed E-state index contributed by atoms with van der Waals surface area (Å²) in [6.45, 7) is -0.305. The Morgan fingerprint density at radius 3 is 2.54 bits per heavy atom. The summed E-state index contributed by atoms with van der Waals surface area (Å²) in [6.07, 6.45) is 1.45. The van der Waals surface area contributed by atoms with Crippen LogP contribution in [0.15, 0.2) is 41.6 Å². The minimum Gasteiger partial charge on any atom is -0.496 e. The molecule has 2 rings (SSSR count). The van der Waals surface area contributed by atoms with Gasteiger partial charge in [-0.2, -0.15) is 0 Å². The number of methoxy groups -OCH3 is 1. The van der Waals surface area contributed by atoms with Gasteiger partial charge in [-0.25, -0.2) is 0 Å². The number of carbonyl (C=O) groups excluding carboxylic acids is 1. The average molecular weight is 388 g/mol. The Morgan fingerprint density at radius 1 is 1.21 bits per heavy atom. The van der Waals surface area contributed by atoms with Crippen LogP contribution in [0, 0.1) is 0 Å². The fourth-order valence-electron chi connectivity index (χ4n) is 1.80. The van der Waals surface area contributed by atoms with Crippen LogP contribution in [0.4, 0.5) is 5.69 Å². The number of amides is 1. The molecule has 0 radical (unpaired) electrons. The van der Waals surface area contributed by atoms with E-state index < -0.39 is 5.91 Å². The molecule has 0 fully saturated rings. The third-order valence-electron chi connectivity index (χ3n) is 2.87. The lowest BCUT2D eigenvalue weighted by molar-refractivity contribution is -0.120. The fourth-order valence-corrected chi connectivity index (χ4v) is 2.71. The molecule has 0 saturated carbocycles. The minimum absolute atomic E-state index is 0.235. The number of hydrogen-bond acceptors (Lipinski definition) is 4. The Balaban J connectivity index is 1.91. The first-order valence-corrected chi connectivity index (χ1v) is 7.87. The number of benzene rings is 2. The van der Waals surface area contributed by atoms with Gasteiger partial charge < -0.3 is 14.9 Å². The third kappa shape index (κ3) is 5.03. The van der Waals surface area contributed by atoms with Crippen molar-refractivity contribution in [1.82, 2.24) is 0 Å². The lowest BCUT2D eigenvalue weighted by Crippen LogP contribution is -2.17. The molecule has 0 spiro atoms. The number of para-hydroxylation sites is 1. The summed E-state index contributed by atoms with van der Waals surface area (Å²) in [4.78, 5) is 16.8. The maximum Gasteiger partial charge on any atom is 0.265 e. The van der Waals surface area contributed by atoms with Crippen molar-refractivity contribution in [3.63, 3.8) is 0 Å². The zero-order chi connectivity index (χ0) is 17.5. The summed E-state index contributed by atoms with van der Waals surface area (Å²) >= 11 is 17.8. The highest BCUT2D eigenvalue weighted by Gasteiger charge is 2.11. The molecule has 1 amide bonds. The summed E-state index contributed by atoms with van der Waals surface area (Å²) in [6, 6.07) is 10.2. The van der Waals surface area contributed by atoms with Crippen LogP contribution in [0.25, 0.3) is 0 Å². The zero-order valence-corrected chi connectivity index (χ0v) is 14.8. The molecular weight excluding hydrogens is 375 g/mol. The van der Waals surface area contributed by atoms with Crippen LogP contribution in [0.5, 0.6) is 5.75 Å². The molecule has 0 aliphatic rings. The minimum atomic E-state index is -0.460.